The van der Waals surface area contributed by atoms with E-state index in [1.807, 2.05) is 36.4 Å². The zero-order chi connectivity index (χ0) is 24.9. The second kappa shape index (κ2) is 18.4. The topological polar surface area (TPSA) is 73.8 Å². The SMILES string of the molecule is C1#CCOCCOCCOCCOc2cccc3c(cccc23)OCCOCCOCCOCC#C1. The molecule has 2 aromatic rings. The second-order valence-electron chi connectivity index (χ2n) is 7.46. The maximum absolute atomic E-state index is 5.96. The molecule has 0 amide bonds. The van der Waals surface area contributed by atoms with Gasteiger partial charge in [0, 0.05) is 10.8 Å². The molecule has 1 heterocycles. The summed E-state index contributed by atoms with van der Waals surface area (Å²) in [5.41, 5.74) is 0. The van der Waals surface area contributed by atoms with Gasteiger partial charge in [-0.25, -0.2) is 0 Å². The summed E-state index contributed by atoms with van der Waals surface area (Å²) in [6, 6.07) is 11.9. The molecule has 0 fully saturated rings. The van der Waals surface area contributed by atoms with E-state index in [1.165, 1.54) is 0 Å². The molecule has 36 heavy (non-hydrogen) atoms. The van der Waals surface area contributed by atoms with Crippen LogP contribution in [0.1, 0.15) is 0 Å². The molecule has 0 N–H and O–H groups in total. The summed E-state index contributed by atoms with van der Waals surface area (Å²) in [6.45, 7) is 6.29. The Morgan fingerprint density at radius 3 is 1.19 bits per heavy atom. The molecule has 8 heteroatoms. The normalized spacial score (nSPS) is 18.4. The van der Waals surface area contributed by atoms with Gasteiger partial charge in [0.05, 0.1) is 66.1 Å². The van der Waals surface area contributed by atoms with Gasteiger partial charge in [-0.2, -0.15) is 0 Å². The fourth-order valence-corrected chi connectivity index (χ4v) is 3.21. The Kier molecular flexibility index (Phi) is 14.2. The van der Waals surface area contributed by atoms with E-state index < -0.39 is 0 Å². The van der Waals surface area contributed by atoms with Crippen molar-refractivity contribution in [3.63, 3.8) is 0 Å². The molecule has 0 atom stereocenters. The van der Waals surface area contributed by atoms with Gasteiger partial charge >= 0.3 is 0 Å². The van der Waals surface area contributed by atoms with Gasteiger partial charge in [0.2, 0.25) is 0 Å². The van der Waals surface area contributed by atoms with Crippen molar-refractivity contribution in [1.82, 2.24) is 0 Å². The largest absolute Gasteiger partial charge is 0.491 e. The molecule has 0 radical (unpaired) electrons. The van der Waals surface area contributed by atoms with Gasteiger partial charge < -0.3 is 37.9 Å². The predicted octanol–water partition coefficient (Wildman–Crippen LogP) is 2.72. The van der Waals surface area contributed by atoms with Crippen LogP contribution in [-0.4, -0.2) is 92.5 Å². The van der Waals surface area contributed by atoms with Gasteiger partial charge in [0.25, 0.3) is 0 Å². The zero-order valence-electron chi connectivity index (χ0n) is 20.6. The maximum Gasteiger partial charge on any atom is 0.127 e. The Labute approximate surface area is 213 Å². The van der Waals surface area contributed by atoms with E-state index in [4.69, 9.17) is 37.9 Å². The van der Waals surface area contributed by atoms with E-state index in [-0.39, 0.29) is 0 Å². The van der Waals surface area contributed by atoms with E-state index in [2.05, 4.69) is 23.7 Å². The third kappa shape index (κ3) is 11.3. The van der Waals surface area contributed by atoms with Crippen molar-refractivity contribution in [2.75, 3.05) is 92.5 Å². The molecule has 0 unspecified atom stereocenters. The molecule has 3 rings (SSSR count). The number of hydrogen-bond acceptors (Lipinski definition) is 8. The minimum atomic E-state index is 0.310. The first-order valence-corrected chi connectivity index (χ1v) is 12.1. The quantitative estimate of drug-likeness (QED) is 0.514. The first kappa shape index (κ1) is 27.8. The molecule has 4 bridgehead atoms. The Hall–Kier alpha value is -2.82. The Morgan fingerprint density at radius 2 is 0.778 bits per heavy atom. The number of rotatable bonds is 0. The molecular weight excluding hydrogens is 464 g/mol. The molecule has 8 nitrogen and oxygen atoms in total. The highest BCUT2D eigenvalue weighted by atomic mass is 16.6. The van der Waals surface area contributed by atoms with E-state index in [0.29, 0.717) is 92.5 Å². The highest BCUT2D eigenvalue weighted by Gasteiger charge is 2.07. The highest BCUT2D eigenvalue weighted by molar-refractivity contribution is 5.93. The Balaban J connectivity index is 1.46. The van der Waals surface area contributed by atoms with Crippen LogP contribution in [-0.2, 0) is 28.4 Å². The van der Waals surface area contributed by atoms with E-state index in [1.54, 1.807) is 0 Å². The van der Waals surface area contributed by atoms with Crippen LogP contribution in [0.5, 0.6) is 11.5 Å². The fourth-order valence-electron chi connectivity index (χ4n) is 3.21. The lowest BCUT2D eigenvalue weighted by molar-refractivity contribution is 0.0141. The molecule has 194 valence electrons. The number of benzene rings is 2. The van der Waals surface area contributed by atoms with Crippen molar-refractivity contribution >= 4 is 10.8 Å². The molecule has 1 aliphatic heterocycles. The molecule has 0 aliphatic carbocycles. The van der Waals surface area contributed by atoms with Crippen molar-refractivity contribution in [2.24, 2.45) is 0 Å². The summed E-state index contributed by atoms with van der Waals surface area (Å²) in [7, 11) is 0. The summed E-state index contributed by atoms with van der Waals surface area (Å²) >= 11 is 0. The molecule has 0 aromatic heterocycles. The van der Waals surface area contributed by atoms with Crippen molar-refractivity contribution in [3.8, 4) is 35.2 Å². The van der Waals surface area contributed by atoms with Crippen LogP contribution in [0.2, 0.25) is 0 Å². The monoisotopic (exact) mass is 498 g/mol. The molecule has 0 saturated heterocycles. The minimum Gasteiger partial charge on any atom is -0.491 e. The summed E-state index contributed by atoms with van der Waals surface area (Å²) in [5.74, 6) is 12.7. The fraction of sp³-hybridized carbons (Fsp3) is 0.500. The lowest BCUT2D eigenvalue weighted by atomic mass is 10.1. The van der Waals surface area contributed by atoms with Gasteiger partial charge in [-0.3, -0.25) is 0 Å². The van der Waals surface area contributed by atoms with Gasteiger partial charge in [0.1, 0.15) is 37.9 Å². The van der Waals surface area contributed by atoms with E-state index in [0.717, 1.165) is 22.3 Å². The molecular formula is C28H34O8. The second-order valence-corrected chi connectivity index (χ2v) is 7.46. The van der Waals surface area contributed by atoms with Crippen molar-refractivity contribution in [3.05, 3.63) is 36.4 Å². The third-order valence-corrected chi connectivity index (χ3v) is 4.89. The van der Waals surface area contributed by atoms with Crippen molar-refractivity contribution in [2.45, 2.75) is 0 Å². The Morgan fingerprint density at radius 1 is 0.417 bits per heavy atom. The van der Waals surface area contributed by atoms with E-state index >= 15 is 0 Å². The third-order valence-electron chi connectivity index (χ3n) is 4.89. The average molecular weight is 499 g/mol. The van der Waals surface area contributed by atoms with Crippen LogP contribution in [0.25, 0.3) is 10.8 Å². The Bertz CT molecular complexity index is 920. The summed E-state index contributed by atoms with van der Waals surface area (Å²) in [4.78, 5) is 0. The number of hydrogen-bond donors (Lipinski definition) is 0. The van der Waals surface area contributed by atoms with Crippen LogP contribution in [0.15, 0.2) is 36.4 Å². The molecule has 1 aliphatic rings. The molecule has 0 spiro atoms. The smallest absolute Gasteiger partial charge is 0.127 e. The summed E-state index contributed by atoms with van der Waals surface area (Å²) < 4.78 is 44.8. The van der Waals surface area contributed by atoms with Gasteiger partial charge in [-0.05, 0) is 24.0 Å². The molecule has 0 saturated carbocycles. The number of ether oxygens (including phenoxy) is 8. The lowest BCUT2D eigenvalue weighted by Crippen LogP contribution is -2.13. The maximum atomic E-state index is 5.96. The highest BCUT2D eigenvalue weighted by Crippen LogP contribution is 2.32. The van der Waals surface area contributed by atoms with Gasteiger partial charge in [-0.1, -0.05) is 36.1 Å². The summed E-state index contributed by atoms with van der Waals surface area (Å²) in [6.07, 6.45) is 0. The zero-order valence-corrected chi connectivity index (χ0v) is 20.6. The van der Waals surface area contributed by atoms with Crippen LogP contribution < -0.4 is 9.47 Å². The van der Waals surface area contributed by atoms with Crippen LogP contribution in [0.3, 0.4) is 0 Å². The predicted molar refractivity (Wildman–Crippen MR) is 135 cm³/mol. The van der Waals surface area contributed by atoms with Crippen LogP contribution >= 0.6 is 0 Å². The van der Waals surface area contributed by atoms with Crippen molar-refractivity contribution in [1.29, 1.82) is 0 Å². The summed E-state index contributed by atoms with van der Waals surface area (Å²) in [5, 5.41) is 1.98. The van der Waals surface area contributed by atoms with E-state index in [9.17, 15) is 0 Å². The van der Waals surface area contributed by atoms with Crippen LogP contribution in [0.4, 0.5) is 0 Å². The lowest BCUT2D eigenvalue weighted by Gasteiger charge is -2.13. The van der Waals surface area contributed by atoms with Gasteiger partial charge in [-0.15, -0.1) is 0 Å². The van der Waals surface area contributed by atoms with Crippen LogP contribution in [0, 0.1) is 23.7 Å². The first-order chi connectivity index (χ1) is 17.9. The first-order valence-electron chi connectivity index (χ1n) is 12.1. The van der Waals surface area contributed by atoms with Crippen molar-refractivity contribution < 1.29 is 37.9 Å². The standard InChI is InChI=1S/C28H34O8/c1-2-4-12-30-14-16-32-18-20-34-22-24-36-28-10-6-7-25-26(28)8-5-9-27(25)35-23-21-33-19-17-31-15-13-29-11-3-1/h5-10H,11-24H2. The minimum absolute atomic E-state index is 0.310. The van der Waals surface area contributed by atoms with Gasteiger partial charge in [0.15, 0.2) is 0 Å². The average Bonchev–Trinajstić information content (AvgIpc) is 2.90. The molecule has 2 aromatic carbocycles.